The molecule has 2 aromatic rings. The van der Waals surface area contributed by atoms with Crippen molar-refractivity contribution in [1.82, 2.24) is 9.91 Å². The fourth-order valence-corrected chi connectivity index (χ4v) is 4.93. The summed E-state index contributed by atoms with van der Waals surface area (Å²) in [7, 11) is 0. The largest absolute Gasteiger partial charge is 0.489 e. The van der Waals surface area contributed by atoms with E-state index in [1.165, 1.54) is 16.8 Å². The number of hydrazone groups is 1. The van der Waals surface area contributed by atoms with Gasteiger partial charge >= 0.3 is 0 Å². The zero-order valence-electron chi connectivity index (χ0n) is 19.1. The predicted octanol–water partition coefficient (Wildman–Crippen LogP) is 4.29. The smallest absolute Gasteiger partial charge is 0.283 e. The lowest BCUT2D eigenvalue weighted by Gasteiger charge is -2.26. The molecule has 0 radical (unpaired) electrons. The molecule has 0 bridgehead atoms. The summed E-state index contributed by atoms with van der Waals surface area (Å²) < 4.78 is 5.81. The fourth-order valence-electron chi connectivity index (χ4n) is 4.06. The molecule has 1 fully saturated rings. The summed E-state index contributed by atoms with van der Waals surface area (Å²) in [5, 5.41) is 15.2. The van der Waals surface area contributed by atoms with Crippen LogP contribution in [0.15, 0.2) is 70.3 Å². The first-order chi connectivity index (χ1) is 17.1. The molecule has 1 saturated heterocycles. The lowest BCUT2D eigenvalue weighted by molar-refractivity contribution is -0.130. The molecule has 2 amide bonds. The molecule has 9 heteroatoms. The summed E-state index contributed by atoms with van der Waals surface area (Å²) in [4.78, 5) is 31.2. The number of nitrogens with zero attached hydrogens (tertiary/aromatic N) is 4. The molecule has 35 heavy (non-hydrogen) atoms. The number of carbonyl (C=O) groups excluding carboxylic acids is 2. The number of likely N-dealkylation sites (tertiary alicyclic amines) is 1. The van der Waals surface area contributed by atoms with Gasteiger partial charge in [0.15, 0.2) is 5.84 Å². The molecule has 1 N–H and O–H groups in total. The van der Waals surface area contributed by atoms with Gasteiger partial charge in [0.1, 0.15) is 17.4 Å². The Morgan fingerprint density at radius 2 is 1.80 bits per heavy atom. The average molecular weight is 488 g/mol. The van der Waals surface area contributed by atoms with E-state index in [1.807, 2.05) is 59.5 Å². The van der Waals surface area contributed by atoms with Gasteiger partial charge in [-0.15, -0.1) is 0 Å². The second kappa shape index (κ2) is 10.3. The third-order valence-electron chi connectivity index (χ3n) is 5.95. The van der Waals surface area contributed by atoms with Crippen LogP contribution in [-0.2, 0) is 16.2 Å². The van der Waals surface area contributed by atoms with Crippen molar-refractivity contribution in [3.8, 4) is 5.75 Å². The van der Waals surface area contributed by atoms with Crippen molar-refractivity contribution >= 4 is 45.7 Å². The monoisotopic (exact) mass is 487 g/mol. The van der Waals surface area contributed by atoms with E-state index in [1.54, 1.807) is 6.08 Å². The summed E-state index contributed by atoms with van der Waals surface area (Å²) in [6.07, 6.45) is 4.99. The normalized spacial score (nSPS) is 18.9. The topological polar surface area (TPSA) is 98.4 Å². The molecule has 5 rings (SSSR count). The van der Waals surface area contributed by atoms with Crippen LogP contribution < -0.4 is 4.74 Å². The van der Waals surface area contributed by atoms with Gasteiger partial charge < -0.3 is 9.64 Å². The highest BCUT2D eigenvalue weighted by atomic mass is 32.2. The Morgan fingerprint density at radius 3 is 2.54 bits per heavy atom. The summed E-state index contributed by atoms with van der Waals surface area (Å²) in [5.74, 6) is 0.207. The van der Waals surface area contributed by atoms with Gasteiger partial charge in [-0.2, -0.15) is 15.1 Å². The lowest BCUT2D eigenvalue weighted by atomic mass is 10.1. The molecule has 2 aromatic carbocycles. The molecule has 0 atom stereocenters. The van der Waals surface area contributed by atoms with Crippen LogP contribution in [0, 0.1) is 5.41 Å². The van der Waals surface area contributed by atoms with Gasteiger partial charge in [-0.05, 0) is 60.4 Å². The number of rotatable bonds is 6. The van der Waals surface area contributed by atoms with E-state index in [0.29, 0.717) is 22.6 Å². The standard InChI is InChI=1S/C26H25N5O3S/c27-24-21(15-18-9-11-20(12-10-18)34-17-19-7-3-1-4-8-19)25(33)28-26-31(24)29-22(35-26)16-23(32)30-13-5-2-6-14-30/h1,3-4,7-12,15,27H,2,5-6,13-14,16-17H2/b21-15-,27-24?. The Bertz CT molecular complexity index is 1230. The SMILES string of the molecule is N=C1/C(=C/c2ccc(OCc3ccccc3)cc2)C(=O)N=C2SC(CC(=O)N3CCCCC3)=NN12. The summed E-state index contributed by atoms with van der Waals surface area (Å²) in [5.41, 5.74) is 1.98. The number of benzene rings is 2. The number of ether oxygens (including phenoxy) is 1. The van der Waals surface area contributed by atoms with E-state index in [9.17, 15) is 9.59 Å². The number of fused-ring (bicyclic) bond motifs is 1. The maximum atomic E-state index is 12.7. The van der Waals surface area contributed by atoms with Crippen molar-refractivity contribution in [1.29, 1.82) is 5.41 Å². The number of piperidine rings is 1. The van der Waals surface area contributed by atoms with Crippen LogP contribution in [0.5, 0.6) is 5.75 Å². The maximum absolute atomic E-state index is 12.7. The van der Waals surface area contributed by atoms with E-state index in [0.717, 1.165) is 43.5 Å². The van der Waals surface area contributed by atoms with E-state index < -0.39 is 5.91 Å². The quantitative estimate of drug-likeness (QED) is 0.613. The number of nitrogens with one attached hydrogen (secondary N) is 1. The van der Waals surface area contributed by atoms with E-state index in [-0.39, 0.29) is 23.7 Å². The highest BCUT2D eigenvalue weighted by molar-refractivity contribution is 8.27. The van der Waals surface area contributed by atoms with E-state index >= 15 is 0 Å². The second-order valence-electron chi connectivity index (χ2n) is 8.48. The Balaban J connectivity index is 1.25. The first kappa shape index (κ1) is 23.0. The van der Waals surface area contributed by atoms with Crippen LogP contribution in [0.1, 0.15) is 36.8 Å². The van der Waals surface area contributed by atoms with Crippen LogP contribution in [0.25, 0.3) is 6.08 Å². The highest BCUT2D eigenvalue weighted by Crippen LogP contribution is 2.30. The van der Waals surface area contributed by atoms with Crippen molar-refractivity contribution in [2.75, 3.05) is 13.1 Å². The first-order valence-corrected chi connectivity index (χ1v) is 12.4. The molecular weight excluding hydrogens is 462 g/mol. The number of amides is 2. The van der Waals surface area contributed by atoms with Gasteiger partial charge in [-0.3, -0.25) is 15.0 Å². The van der Waals surface area contributed by atoms with Crippen molar-refractivity contribution in [2.24, 2.45) is 10.1 Å². The van der Waals surface area contributed by atoms with E-state index in [2.05, 4.69) is 10.1 Å². The van der Waals surface area contributed by atoms with Crippen LogP contribution in [0.4, 0.5) is 0 Å². The number of aliphatic imine (C=N–C) groups is 1. The summed E-state index contributed by atoms with van der Waals surface area (Å²) in [6, 6.07) is 17.2. The Kier molecular flexibility index (Phi) is 6.76. The van der Waals surface area contributed by atoms with Gasteiger partial charge in [-0.1, -0.05) is 42.5 Å². The average Bonchev–Trinajstić information content (AvgIpc) is 3.29. The van der Waals surface area contributed by atoms with Crippen molar-refractivity contribution in [3.05, 3.63) is 71.3 Å². The van der Waals surface area contributed by atoms with Crippen LogP contribution >= 0.6 is 11.8 Å². The molecule has 8 nitrogen and oxygen atoms in total. The number of hydrogen-bond acceptors (Lipinski definition) is 6. The zero-order valence-corrected chi connectivity index (χ0v) is 20.0. The van der Waals surface area contributed by atoms with Gasteiger partial charge in [0, 0.05) is 13.1 Å². The van der Waals surface area contributed by atoms with Crippen molar-refractivity contribution in [3.63, 3.8) is 0 Å². The van der Waals surface area contributed by atoms with Gasteiger partial charge in [-0.25, -0.2) is 0 Å². The van der Waals surface area contributed by atoms with Gasteiger partial charge in [0.05, 0.1) is 12.0 Å². The molecule has 0 unspecified atom stereocenters. The predicted molar refractivity (Wildman–Crippen MR) is 137 cm³/mol. The van der Waals surface area contributed by atoms with Crippen LogP contribution in [0.3, 0.4) is 0 Å². The minimum absolute atomic E-state index is 0.0274. The molecule has 3 aliphatic rings. The lowest BCUT2D eigenvalue weighted by Crippen LogP contribution is -2.36. The highest BCUT2D eigenvalue weighted by Gasteiger charge is 2.36. The second-order valence-corrected chi connectivity index (χ2v) is 9.52. The minimum Gasteiger partial charge on any atom is -0.489 e. The van der Waals surface area contributed by atoms with Gasteiger partial charge in [0.25, 0.3) is 5.91 Å². The Labute approximate surface area is 207 Å². The molecule has 178 valence electrons. The van der Waals surface area contributed by atoms with Gasteiger partial charge in [0.2, 0.25) is 11.1 Å². The third kappa shape index (κ3) is 5.35. The first-order valence-electron chi connectivity index (χ1n) is 11.6. The molecule has 0 saturated carbocycles. The maximum Gasteiger partial charge on any atom is 0.283 e. The Hall–Kier alpha value is -3.72. The molecule has 0 aromatic heterocycles. The Morgan fingerprint density at radius 1 is 1.06 bits per heavy atom. The summed E-state index contributed by atoms with van der Waals surface area (Å²) in [6.45, 7) is 2.02. The minimum atomic E-state index is -0.489. The molecule has 0 aliphatic carbocycles. The molecule has 3 heterocycles. The number of amidine groups is 2. The molecular formula is C26H25N5O3S. The summed E-state index contributed by atoms with van der Waals surface area (Å²) >= 11 is 1.18. The zero-order chi connectivity index (χ0) is 24.2. The third-order valence-corrected chi connectivity index (χ3v) is 6.86. The fraction of sp³-hybridized carbons (Fsp3) is 0.269. The molecule has 3 aliphatic heterocycles. The van der Waals surface area contributed by atoms with Crippen molar-refractivity contribution < 1.29 is 14.3 Å². The van der Waals surface area contributed by atoms with Crippen LogP contribution in [-0.4, -0.2) is 50.9 Å². The number of hydrogen-bond donors (Lipinski definition) is 1. The van der Waals surface area contributed by atoms with Crippen molar-refractivity contribution in [2.45, 2.75) is 32.3 Å². The van der Waals surface area contributed by atoms with Crippen LogP contribution in [0.2, 0.25) is 0 Å². The number of carbonyl (C=O) groups is 2. The molecule has 0 spiro atoms. The number of thioether (sulfide) groups is 1. The van der Waals surface area contributed by atoms with E-state index in [4.69, 9.17) is 10.1 Å².